The van der Waals surface area contributed by atoms with Crippen LogP contribution in [0.2, 0.25) is 0 Å². The van der Waals surface area contributed by atoms with Gasteiger partial charge < -0.3 is 24.6 Å². The molecule has 0 spiro atoms. The van der Waals surface area contributed by atoms with E-state index < -0.39 is 0 Å². The largest absolute Gasteiger partial charge is 0.494 e. The van der Waals surface area contributed by atoms with E-state index in [1.165, 1.54) is 11.1 Å². The van der Waals surface area contributed by atoms with E-state index in [4.69, 9.17) is 9.47 Å². The monoisotopic (exact) mass is 447 g/mol. The number of nitrogens with zero attached hydrogens (tertiary/aromatic N) is 4. The molecule has 0 atom stereocenters. The fourth-order valence-corrected chi connectivity index (χ4v) is 3.85. The number of para-hydroxylation sites is 1. The fourth-order valence-electron chi connectivity index (χ4n) is 3.85. The third-order valence-electron chi connectivity index (χ3n) is 6.00. The van der Waals surface area contributed by atoms with Gasteiger partial charge in [-0.1, -0.05) is 18.2 Å². The van der Waals surface area contributed by atoms with Crippen LogP contribution in [0.25, 0.3) is 11.3 Å². The number of carbonyl (C=O) groups excluding carboxylic acids is 1. The molecule has 1 aromatic heterocycles. The molecule has 0 saturated carbocycles. The average Bonchev–Trinajstić information content (AvgIpc) is 2.86. The van der Waals surface area contributed by atoms with Crippen LogP contribution in [-0.2, 0) is 0 Å². The van der Waals surface area contributed by atoms with Gasteiger partial charge in [-0.3, -0.25) is 0 Å². The van der Waals surface area contributed by atoms with Gasteiger partial charge in [0.25, 0.3) is 0 Å². The predicted octanol–water partition coefficient (Wildman–Crippen LogP) is 4.13. The van der Waals surface area contributed by atoms with Gasteiger partial charge >= 0.3 is 6.03 Å². The Morgan fingerprint density at radius 3 is 2.15 bits per heavy atom. The Morgan fingerprint density at radius 1 is 0.879 bits per heavy atom. The zero-order chi connectivity index (χ0) is 23.4. The van der Waals surface area contributed by atoms with Crippen LogP contribution >= 0.6 is 0 Å². The first-order chi connectivity index (χ1) is 16.0. The summed E-state index contributed by atoms with van der Waals surface area (Å²) in [5.41, 5.74) is 4.94. The van der Waals surface area contributed by atoms with Crippen molar-refractivity contribution in [3.05, 3.63) is 59.7 Å². The van der Waals surface area contributed by atoms with Crippen LogP contribution < -0.4 is 19.7 Å². The predicted molar refractivity (Wildman–Crippen MR) is 129 cm³/mol. The molecule has 33 heavy (non-hydrogen) atoms. The Hall–Kier alpha value is -3.81. The van der Waals surface area contributed by atoms with Gasteiger partial charge in [0, 0.05) is 31.7 Å². The zero-order valence-corrected chi connectivity index (χ0v) is 19.5. The molecule has 0 bridgehead atoms. The standard InChI is InChI=1S/C25H29N5O3/c1-17-8-9-19(16-18(17)2)20-10-11-23(28-27-20)29-12-14-30(15-13-29)25(31)26-24-21(32-3)6-5-7-22(24)33-4/h5-11,16H,12-15H2,1-4H3,(H,26,31). The molecule has 1 aliphatic heterocycles. The van der Waals surface area contributed by atoms with Crippen LogP contribution in [-0.4, -0.2) is 61.5 Å². The quantitative estimate of drug-likeness (QED) is 0.634. The molecule has 0 aliphatic carbocycles. The molecule has 0 unspecified atom stereocenters. The van der Waals surface area contributed by atoms with E-state index >= 15 is 0 Å². The molecule has 1 N–H and O–H groups in total. The second-order valence-corrected chi connectivity index (χ2v) is 8.02. The molecule has 1 saturated heterocycles. The SMILES string of the molecule is COc1cccc(OC)c1NC(=O)N1CCN(c2ccc(-c3ccc(C)c(C)c3)nn2)CC1. The van der Waals surface area contributed by atoms with E-state index in [0.717, 1.165) is 17.1 Å². The van der Waals surface area contributed by atoms with E-state index in [2.05, 4.69) is 52.5 Å². The minimum Gasteiger partial charge on any atom is -0.494 e. The van der Waals surface area contributed by atoms with Crippen LogP contribution in [0.5, 0.6) is 11.5 Å². The van der Waals surface area contributed by atoms with Crippen LogP contribution in [0.15, 0.2) is 48.5 Å². The third kappa shape index (κ3) is 4.84. The maximum absolute atomic E-state index is 12.9. The highest BCUT2D eigenvalue weighted by Crippen LogP contribution is 2.34. The highest BCUT2D eigenvalue weighted by atomic mass is 16.5. The Bertz CT molecular complexity index is 1100. The number of benzene rings is 2. The minimum atomic E-state index is -0.186. The summed E-state index contributed by atoms with van der Waals surface area (Å²) in [7, 11) is 3.13. The Morgan fingerprint density at radius 2 is 1.58 bits per heavy atom. The molecule has 0 radical (unpaired) electrons. The number of nitrogens with one attached hydrogen (secondary N) is 1. The second-order valence-electron chi connectivity index (χ2n) is 8.02. The van der Waals surface area contributed by atoms with Crippen molar-refractivity contribution in [3.8, 4) is 22.8 Å². The van der Waals surface area contributed by atoms with Crippen LogP contribution in [0, 0.1) is 13.8 Å². The number of aromatic nitrogens is 2. The topological polar surface area (TPSA) is 79.8 Å². The molecular weight excluding hydrogens is 418 g/mol. The van der Waals surface area contributed by atoms with Gasteiger partial charge in [0.05, 0.1) is 19.9 Å². The highest BCUT2D eigenvalue weighted by Gasteiger charge is 2.24. The fraction of sp³-hybridized carbons (Fsp3) is 0.320. The van der Waals surface area contributed by atoms with Crippen molar-refractivity contribution in [2.75, 3.05) is 50.6 Å². The van der Waals surface area contributed by atoms with Crippen molar-refractivity contribution < 1.29 is 14.3 Å². The van der Waals surface area contributed by atoms with Crippen molar-refractivity contribution in [1.29, 1.82) is 0 Å². The van der Waals surface area contributed by atoms with Crippen molar-refractivity contribution in [2.45, 2.75) is 13.8 Å². The minimum absolute atomic E-state index is 0.186. The number of aryl methyl sites for hydroxylation is 2. The maximum atomic E-state index is 12.9. The summed E-state index contributed by atoms with van der Waals surface area (Å²) in [6, 6.07) is 15.5. The molecular formula is C25H29N5O3. The molecule has 4 rings (SSSR count). The lowest BCUT2D eigenvalue weighted by Gasteiger charge is -2.35. The summed E-state index contributed by atoms with van der Waals surface area (Å²) < 4.78 is 10.7. The first kappa shape index (κ1) is 22.4. The summed E-state index contributed by atoms with van der Waals surface area (Å²) in [6.45, 7) is 6.69. The molecule has 172 valence electrons. The Kier molecular flexibility index (Phi) is 6.63. The number of carbonyl (C=O) groups is 1. The number of methoxy groups -OCH3 is 2. The molecule has 3 aromatic rings. The number of urea groups is 1. The number of anilines is 2. The van der Waals surface area contributed by atoms with Gasteiger partial charge in [-0.2, -0.15) is 0 Å². The van der Waals surface area contributed by atoms with Crippen LogP contribution in [0.3, 0.4) is 0 Å². The third-order valence-corrected chi connectivity index (χ3v) is 6.00. The summed E-state index contributed by atoms with van der Waals surface area (Å²) in [5, 5.41) is 11.8. The van der Waals surface area contributed by atoms with Gasteiger partial charge in [0.1, 0.15) is 17.2 Å². The first-order valence-electron chi connectivity index (χ1n) is 10.9. The van der Waals surface area contributed by atoms with Crippen molar-refractivity contribution in [1.82, 2.24) is 15.1 Å². The smallest absolute Gasteiger partial charge is 0.322 e. The number of amides is 2. The molecule has 1 fully saturated rings. The number of hydrogen-bond acceptors (Lipinski definition) is 6. The zero-order valence-electron chi connectivity index (χ0n) is 19.5. The van der Waals surface area contributed by atoms with Gasteiger partial charge in [-0.05, 0) is 55.3 Å². The molecule has 2 heterocycles. The van der Waals surface area contributed by atoms with Crippen LogP contribution in [0.4, 0.5) is 16.3 Å². The number of piperazine rings is 1. The van der Waals surface area contributed by atoms with E-state index in [1.807, 2.05) is 18.2 Å². The van der Waals surface area contributed by atoms with Gasteiger partial charge in [-0.15, -0.1) is 10.2 Å². The number of rotatable bonds is 5. The normalized spacial score (nSPS) is 13.6. The van der Waals surface area contributed by atoms with E-state index in [1.54, 1.807) is 31.3 Å². The van der Waals surface area contributed by atoms with E-state index in [0.29, 0.717) is 43.4 Å². The summed E-state index contributed by atoms with van der Waals surface area (Å²) >= 11 is 0. The summed E-state index contributed by atoms with van der Waals surface area (Å²) in [5.74, 6) is 1.93. The molecule has 1 aliphatic rings. The lowest BCUT2D eigenvalue weighted by atomic mass is 10.0. The lowest BCUT2D eigenvalue weighted by molar-refractivity contribution is 0.207. The number of hydrogen-bond donors (Lipinski definition) is 1. The Labute approximate surface area is 194 Å². The van der Waals surface area contributed by atoms with Gasteiger partial charge in [0.15, 0.2) is 5.82 Å². The lowest BCUT2D eigenvalue weighted by Crippen LogP contribution is -2.50. The first-order valence-corrected chi connectivity index (χ1v) is 10.9. The Balaban J connectivity index is 1.38. The number of ether oxygens (including phenoxy) is 2. The highest BCUT2D eigenvalue weighted by molar-refractivity contribution is 5.93. The maximum Gasteiger partial charge on any atom is 0.322 e. The molecule has 8 heteroatoms. The second kappa shape index (κ2) is 9.77. The molecule has 2 aromatic carbocycles. The van der Waals surface area contributed by atoms with E-state index in [9.17, 15) is 4.79 Å². The average molecular weight is 448 g/mol. The summed E-state index contributed by atoms with van der Waals surface area (Å²) in [6.07, 6.45) is 0. The summed E-state index contributed by atoms with van der Waals surface area (Å²) in [4.78, 5) is 16.8. The van der Waals surface area contributed by atoms with E-state index in [-0.39, 0.29) is 6.03 Å². The van der Waals surface area contributed by atoms with Crippen molar-refractivity contribution in [3.63, 3.8) is 0 Å². The molecule has 2 amide bonds. The van der Waals surface area contributed by atoms with Crippen molar-refractivity contribution in [2.24, 2.45) is 0 Å². The van der Waals surface area contributed by atoms with Crippen LogP contribution in [0.1, 0.15) is 11.1 Å². The van der Waals surface area contributed by atoms with Crippen molar-refractivity contribution >= 4 is 17.5 Å². The van der Waals surface area contributed by atoms with Gasteiger partial charge in [-0.25, -0.2) is 4.79 Å². The molecule has 8 nitrogen and oxygen atoms in total. The van der Waals surface area contributed by atoms with Gasteiger partial charge in [0.2, 0.25) is 0 Å².